The predicted molar refractivity (Wildman–Crippen MR) is 96.8 cm³/mol. The second kappa shape index (κ2) is 6.81. The Kier molecular flexibility index (Phi) is 4.36. The van der Waals surface area contributed by atoms with Crippen LogP contribution in [0.25, 0.3) is 10.9 Å². The lowest BCUT2D eigenvalue weighted by Crippen LogP contribution is -2.21. The maximum atomic E-state index is 12.6. The van der Waals surface area contributed by atoms with E-state index in [1.807, 2.05) is 30.5 Å². The molecule has 25 heavy (non-hydrogen) atoms. The highest BCUT2D eigenvalue weighted by atomic mass is 35.5. The van der Waals surface area contributed by atoms with Crippen molar-refractivity contribution in [2.45, 2.75) is 31.3 Å². The molecule has 0 spiro atoms. The van der Waals surface area contributed by atoms with E-state index in [0.29, 0.717) is 16.2 Å². The van der Waals surface area contributed by atoms with Crippen LogP contribution in [0.5, 0.6) is 0 Å². The fourth-order valence-corrected chi connectivity index (χ4v) is 3.61. The molecule has 4 nitrogen and oxygen atoms in total. The number of fused-ring (bicyclic) bond motifs is 1. The second-order valence-corrected chi connectivity index (χ2v) is 6.74. The lowest BCUT2D eigenvalue weighted by molar-refractivity contribution is 0.0272. The zero-order valence-corrected chi connectivity index (χ0v) is 14.3. The van der Waals surface area contributed by atoms with Crippen LogP contribution in [0.1, 0.15) is 41.2 Å². The molecular weight excluding hydrogens is 336 g/mol. The summed E-state index contributed by atoms with van der Waals surface area (Å²) in [6.45, 7) is 0. The molecule has 1 aromatic carbocycles. The van der Waals surface area contributed by atoms with Gasteiger partial charge in [-0.2, -0.15) is 0 Å². The van der Waals surface area contributed by atoms with Gasteiger partial charge in [0.2, 0.25) is 0 Å². The smallest absolute Gasteiger partial charge is 0.357 e. The Labute approximate surface area is 150 Å². The lowest BCUT2D eigenvalue weighted by atomic mass is 9.97. The van der Waals surface area contributed by atoms with Gasteiger partial charge in [-0.3, -0.25) is 4.98 Å². The number of hydrogen-bond donors (Lipinski definition) is 0. The molecule has 0 aliphatic heterocycles. The van der Waals surface area contributed by atoms with Crippen molar-refractivity contribution >= 4 is 28.5 Å². The summed E-state index contributed by atoms with van der Waals surface area (Å²) in [5.41, 5.74) is 2.12. The van der Waals surface area contributed by atoms with Gasteiger partial charge in [0.05, 0.1) is 5.52 Å². The van der Waals surface area contributed by atoms with Gasteiger partial charge in [0, 0.05) is 28.7 Å². The third-order valence-electron chi connectivity index (χ3n) is 4.69. The minimum absolute atomic E-state index is 0.131. The maximum absolute atomic E-state index is 12.6. The van der Waals surface area contributed by atoms with Gasteiger partial charge in [0.25, 0.3) is 0 Å². The summed E-state index contributed by atoms with van der Waals surface area (Å²) in [4.78, 5) is 21.2. The van der Waals surface area contributed by atoms with Crippen LogP contribution in [0.2, 0.25) is 5.02 Å². The third-order valence-corrected chi connectivity index (χ3v) is 4.92. The summed E-state index contributed by atoms with van der Waals surface area (Å²) < 4.78 is 5.78. The molecule has 3 aromatic rings. The number of pyridine rings is 2. The third kappa shape index (κ3) is 3.35. The van der Waals surface area contributed by atoms with Crippen LogP contribution in [0.3, 0.4) is 0 Å². The molecule has 1 aliphatic carbocycles. The van der Waals surface area contributed by atoms with Crippen molar-refractivity contribution in [2.24, 2.45) is 0 Å². The van der Waals surface area contributed by atoms with Gasteiger partial charge >= 0.3 is 5.97 Å². The Morgan fingerprint density at radius 3 is 2.88 bits per heavy atom. The quantitative estimate of drug-likeness (QED) is 0.637. The summed E-state index contributed by atoms with van der Waals surface area (Å²) in [5.74, 6) is -0.185. The average molecular weight is 353 g/mol. The molecule has 0 amide bonds. The zero-order chi connectivity index (χ0) is 17.2. The number of carbonyl (C=O) groups is 1. The molecule has 4 rings (SSSR count). The first-order valence-electron chi connectivity index (χ1n) is 8.38. The van der Waals surface area contributed by atoms with Crippen LogP contribution >= 0.6 is 11.6 Å². The number of aromatic nitrogens is 2. The standard InChI is InChI=1S/C20H17ClN2O2/c21-15-8-6-13-7-9-17(23-18(13)11-15)20(24)25-19-5-1-4-16(19)14-3-2-10-22-12-14/h2-3,6-12,16,19H,1,4-5H2. The minimum Gasteiger partial charge on any atom is -0.457 e. The second-order valence-electron chi connectivity index (χ2n) is 6.30. The normalized spacial score (nSPS) is 19.9. The van der Waals surface area contributed by atoms with Crippen molar-refractivity contribution in [3.05, 3.63) is 71.1 Å². The van der Waals surface area contributed by atoms with Crippen LogP contribution in [0.15, 0.2) is 54.9 Å². The summed E-state index contributed by atoms with van der Waals surface area (Å²) in [7, 11) is 0. The first kappa shape index (κ1) is 16.0. The van der Waals surface area contributed by atoms with Gasteiger partial charge in [-0.15, -0.1) is 0 Å². The Morgan fingerprint density at radius 1 is 1.16 bits per heavy atom. The van der Waals surface area contributed by atoms with E-state index in [-0.39, 0.29) is 18.0 Å². The van der Waals surface area contributed by atoms with Crippen LogP contribution in [-0.2, 0) is 4.74 Å². The number of halogens is 1. The molecular formula is C20H17ClN2O2. The highest BCUT2D eigenvalue weighted by molar-refractivity contribution is 6.31. The van der Waals surface area contributed by atoms with E-state index in [1.165, 1.54) is 0 Å². The highest BCUT2D eigenvalue weighted by Gasteiger charge is 2.32. The molecule has 0 N–H and O–H groups in total. The van der Waals surface area contributed by atoms with Gasteiger partial charge in [0.1, 0.15) is 11.8 Å². The van der Waals surface area contributed by atoms with Crippen molar-refractivity contribution in [1.82, 2.24) is 9.97 Å². The van der Waals surface area contributed by atoms with E-state index >= 15 is 0 Å². The number of esters is 1. The monoisotopic (exact) mass is 352 g/mol. The molecule has 1 fully saturated rings. The molecule has 1 aliphatic rings. The van der Waals surface area contributed by atoms with Gasteiger partial charge in [-0.05, 0) is 49.1 Å². The lowest BCUT2D eigenvalue weighted by Gasteiger charge is -2.20. The molecule has 5 heteroatoms. The van der Waals surface area contributed by atoms with E-state index < -0.39 is 0 Å². The van der Waals surface area contributed by atoms with E-state index in [0.717, 1.165) is 30.2 Å². The average Bonchev–Trinajstić information content (AvgIpc) is 3.10. The number of hydrogen-bond acceptors (Lipinski definition) is 4. The van der Waals surface area contributed by atoms with Crippen molar-refractivity contribution in [1.29, 1.82) is 0 Å². The Hall–Kier alpha value is -2.46. The fraction of sp³-hybridized carbons (Fsp3) is 0.250. The van der Waals surface area contributed by atoms with E-state index in [9.17, 15) is 4.79 Å². The number of ether oxygens (including phenoxy) is 1. The number of benzene rings is 1. The van der Waals surface area contributed by atoms with Crippen molar-refractivity contribution in [2.75, 3.05) is 0 Å². The number of nitrogens with zero attached hydrogens (tertiary/aromatic N) is 2. The van der Waals surface area contributed by atoms with Crippen LogP contribution in [0, 0.1) is 0 Å². The van der Waals surface area contributed by atoms with E-state index in [2.05, 4.69) is 9.97 Å². The fourth-order valence-electron chi connectivity index (χ4n) is 3.45. The van der Waals surface area contributed by atoms with Crippen molar-refractivity contribution < 1.29 is 9.53 Å². The van der Waals surface area contributed by atoms with Gasteiger partial charge in [-0.25, -0.2) is 9.78 Å². The molecule has 0 saturated heterocycles. The molecule has 2 unspecified atom stereocenters. The van der Waals surface area contributed by atoms with E-state index in [1.54, 1.807) is 24.4 Å². The highest BCUT2D eigenvalue weighted by Crippen LogP contribution is 2.36. The number of carbonyl (C=O) groups excluding carboxylic acids is 1. The molecule has 2 heterocycles. The maximum Gasteiger partial charge on any atom is 0.357 e. The predicted octanol–water partition coefficient (Wildman–Crippen LogP) is 4.78. The SMILES string of the molecule is O=C(OC1CCCC1c1cccnc1)c1ccc2ccc(Cl)cc2n1. The molecule has 2 atom stereocenters. The first-order chi connectivity index (χ1) is 12.2. The topological polar surface area (TPSA) is 52.1 Å². The largest absolute Gasteiger partial charge is 0.457 e. The molecule has 1 saturated carbocycles. The van der Waals surface area contributed by atoms with Crippen LogP contribution < -0.4 is 0 Å². The van der Waals surface area contributed by atoms with Crippen molar-refractivity contribution in [3.8, 4) is 0 Å². The zero-order valence-electron chi connectivity index (χ0n) is 13.6. The Balaban J connectivity index is 1.55. The van der Waals surface area contributed by atoms with E-state index in [4.69, 9.17) is 16.3 Å². The summed E-state index contributed by atoms with van der Waals surface area (Å²) in [6, 6.07) is 13.0. The van der Waals surface area contributed by atoms with Gasteiger partial charge in [0.15, 0.2) is 0 Å². The summed E-state index contributed by atoms with van der Waals surface area (Å²) >= 11 is 6.01. The van der Waals surface area contributed by atoms with Gasteiger partial charge < -0.3 is 4.74 Å². The van der Waals surface area contributed by atoms with Crippen LogP contribution in [-0.4, -0.2) is 22.0 Å². The molecule has 0 bridgehead atoms. The molecule has 0 radical (unpaired) electrons. The Morgan fingerprint density at radius 2 is 2.04 bits per heavy atom. The Bertz CT molecular complexity index is 914. The summed E-state index contributed by atoms with van der Waals surface area (Å²) in [6.07, 6.45) is 6.39. The molecule has 126 valence electrons. The van der Waals surface area contributed by atoms with Gasteiger partial charge in [-0.1, -0.05) is 29.8 Å². The number of rotatable bonds is 3. The van der Waals surface area contributed by atoms with Crippen molar-refractivity contribution in [3.63, 3.8) is 0 Å². The first-order valence-corrected chi connectivity index (χ1v) is 8.76. The summed E-state index contributed by atoms with van der Waals surface area (Å²) in [5, 5.41) is 1.54. The minimum atomic E-state index is -0.386. The molecule has 2 aromatic heterocycles. The van der Waals surface area contributed by atoms with Crippen LogP contribution in [0.4, 0.5) is 0 Å².